The first-order valence-electron chi connectivity index (χ1n) is 9.46. The van der Waals surface area contributed by atoms with Gasteiger partial charge >= 0.3 is 0 Å². The number of carbonyl (C=O) groups is 1. The van der Waals surface area contributed by atoms with Gasteiger partial charge in [0, 0.05) is 19.3 Å². The maximum Gasteiger partial charge on any atom is 0.233 e. The van der Waals surface area contributed by atoms with Gasteiger partial charge in [-0.1, -0.05) is 70.8 Å². The molecule has 0 N–H and O–H groups in total. The zero-order valence-electron chi connectivity index (χ0n) is 17.5. The van der Waals surface area contributed by atoms with E-state index >= 15 is 0 Å². The van der Waals surface area contributed by atoms with Crippen LogP contribution in [0.2, 0.25) is 0 Å². The van der Waals surface area contributed by atoms with E-state index in [9.17, 15) is 4.79 Å². The maximum atomic E-state index is 12.5. The highest BCUT2D eigenvalue weighted by molar-refractivity contribution is 8.03. The minimum Gasteiger partial charge on any atom is -0.497 e. The van der Waals surface area contributed by atoms with Gasteiger partial charge in [-0.05, 0) is 42.7 Å². The molecule has 1 heterocycles. The zero-order valence-corrected chi connectivity index (χ0v) is 20.0. The molecule has 0 radical (unpaired) electrons. The van der Waals surface area contributed by atoms with Gasteiger partial charge in [0.1, 0.15) is 5.75 Å². The van der Waals surface area contributed by atoms with Gasteiger partial charge < -0.3 is 9.64 Å². The van der Waals surface area contributed by atoms with Crippen LogP contribution in [0.3, 0.4) is 0 Å². The van der Waals surface area contributed by atoms with Gasteiger partial charge in [-0.25, -0.2) is 0 Å². The fourth-order valence-corrected chi connectivity index (χ4v) is 5.70. The molecule has 0 spiro atoms. The topological polar surface area (TPSA) is 55.3 Å². The molecule has 0 unspecified atom stereocenters. The molecule has 0 aliphatic rings. The van der Waals surface area contributed by atoms with Crippen molar-refractivity contribution < 1.29 is 9.53 Å². The van der Waals surface area contributed by atoms with Crippen LogP contribution >= 0.6 is 34.9 Å². The summed E-state index contributed by atoms with van der Waals surface area (Å²) in [4.78, 5) is 14.3. The van der Waals surface area contributed by atoms with Gasteiger partial charge in [0.25, 0.3) is 0 Å². The molecule has 30 heavy (non-hydrogen) atoms. The number of hydrogen-bond acceptors (Lipinski definition) is 7. The third-order valence-electron chi connectivity index (χ3n) is 4.56. The minimum absolute atomic E-state index is 0.0858. The Bertz CT molecular complexity index is 990. The molecule has 2 aromatic carbocycles. The molecule has 0 fully saturated rings. The van der Waals surface area contributed by atoms with Gasteiger partial charge in [0.05, 0.1) is 12.9 Å². The summed E-state index contributed by atoms with van der Waals surface area (Å²) >= 11 is 4.62. The van der Waals surface area contributed by atoms with Crippen LogP contribution in [0.15, 0.2) is 51.1 Å². The molecule has 0 aliphatic carbocycles. The van der Waals surface area contributed by atoms with E-state index < -0.39 is 0 Å². The van der Waals surface area contributed by atoms with Crippen LogP contribution < -0.4 is 4.74 Å². The molecule has 3 rings (SSSR count). The Morgan fingerprint density at radius 2 is 1.77 bits per heavy atom. The quantitative estimate of drug-likeness (QED) is 0.410. The van der Waals surface area contributed by atoms with E-state index in [2.05, 4.69) is 42.2 Å². The number of rotatable bonds is 9. The minimum atomic E-state index is 0.0858. The van der Waals surface area contributed by atoms with E-state index in [-0.39, 0.29) is 5.91 Å². The van der Waals surface area contributed by atoms with Crippen molar-refractivity contribution in [1.82, 2.24) is 15.1 Å². The van der Waals surface area contributed by atoms with Gasteiger partial charge in [-0.15, -0.1) is 10.2 Å². The van der Waals surface area contributed by atoms with Crippen molar-refractivity contribution in [2.45, 2.75) is 34.8 Å². The van der Waals surface area contributed by atoms with Crippen LogP contribution in [-0.2, 0) is 17.1 Å². The number of thioether (sulfide) groups is 2. The second-order valence-electron chi connectivity index (χ2n) is 6.94. The third-order valence-corrected chi connectivity index (χ3v) is 7.81. The van der Waals surface area contributed by atoms with Crippen molar-refractivity contribution in [3.05, 3.63) is 64.7 Å². The largest absolute Gasteiger partial charge is 0.497 e. The summed E-state index contributed by atoms with van der Waals surface area (Å²) in [7, 11) is 3.51. The average Bonchev–Trinajstić information content (AvgIpc) is 3.20. The summed E-state index contributed by atoms with van der Waals surface area (Å²) in [6.07, 6.45) is 0. The molecule has 0 atom stereocenters. The first-order chi connectivity index (χ1) is 14.4. The standard InChI is InChI=1S/C22H25N3O2S3/c1-15-5-8-18(16(2)11-15)12-25(3)20(26)14-29-22-24-23-21(30-22)28-13-17-6-9-19(27-4)10-7-17/h5-11H,12-14H2,1-4H3. The molecular formula is C22H25N3O2S3. The monoisotopic (exact) mass is 459 g/mol. The Hall–Kier alpha value is -2.03. The molecule has 0 bridgehead atoms. The second kappa shape index (κ2) is 10.8. The summed E-state index contributed by atoms with van der Waals surface area (Å²) in [5.41, 5.74) is 4.82. The fraction of sp³-hybridized carbons (Fsp3) is 0.318. The summed E-state index contributed by atoms with van der Waals surface area (Å²) in [6.45, 7) is 4.78. The Morgan fingerprint density at radius 1 is 1.07 bits per heavy atom. The van der Waals surface area contributed by atoms with Crippen molar-refractivity contribution in [1.29, 1.82) is 0 Å². The van der Waals surface area contributed by atoms with Crippen LogP contribution in [0, 0.1) is 13.8 Å². The van der Waals surface area contributed by atoms with Gasteiger partial charge in [-0.3, -0.25) is 4.79 Å². The highest BCUT2D eigenvalue weighted by atomic mass is 32.2. The van der Waals surface area contributed by atoms with Crippen molar-refractivity contribution in [3.63, 3.8) is 0 Å². The molecular weight excluding hydrogens is 434 g/mol. The van der Waals surface area contributed by atoms with Crippen molar-refractivity contribution in [2.75, 3.05) is 19.9 Å². The van der Waals surface area contributed by atoms with Gasteiger partial charge in [0.15, 0.2) is 8.68 Å². The molecule has 8 heteroatoms. The lowest BCUT2D eigenvalue weighted by atomic mass is 10.1. The number of amides is 1. The van der Waals surface area contributed by atoms with Gasteiger partial charge in [-0.2, -0.15) is 0 Å². The molecule has 1 amide bonds. The van der Waals surface area contributed by atoms with Crippen LogP contribution in [0.5, 0.6) is 5.75 Å². The molecule has 158 valence electrons. The van der Waals surface area contributed by atoms with Crippen molar-refractivity contribution >= 4 is 40.8 Å². The van der Waals surface area contributed by atoms with E-state index in [1.54, 1.807) is 23.8 Å². The van der Waals surface area contributed by atoms with Crippen molar-refractivity contribution in [3.8, 4) is 5.75 Å². The van der Waals surface area contributed by atoms with Crippen LogP contribution in [-0.4, -0.2) is 40.9 Å². The Labute approximate surface area is 190 Å². The highest BCUT2D eigenvalue weighted by Crippen LogP contribution is 2.31. The van der Waals surface area contributed by atoms with E-state index in [4.69, 9.17) is 4.74 Å². The Balaban J connectivity index is 1.46. The van der Waals surface area contributed by atoms with E-state index in [0.29, 0.717) is 12.3 Å². The molecule has 0 saturated carbocycles. The van der Waals surface area contributed by atoms with Crippen LogP contribution in [0.1, 0.15) is 22.3 Å². The van der Waals surface area contributed by atoms with E-state index in [1.165, 1.54) is 45.4 Å². The first kappa shape index (κ1) is 22.7. The third kappa shape index (κ3) is 6.48. The summed E-state index contributed by atoms with van der Waals surface area (Å²) in [6, 6.07) is 14.3. The first-order valence-corrected chi connectivity index (χ1v) is 12.3. The van der Waals surface area contributed by atoms with Crippen LogP contribution in [0.25, 0.3) is 0 Å². The lowest BCUT2D eigenvalue weighted by molar-refractivity contribution is -0.127. The lowest BCUT2D eigenvalue weighted by Crippen LogP contribution is -2.28. The number of methoxy groups -OCH3 is 1. The van der Waals surface area contributed by atoms with Gasteiger partial charge in [0.2, 0.25) is 5.91 Å². The normalized spacial score (nSPS) is 10.8. The van der Waals surface area contributed by atoms with Crippen molar-refractivity contribution in [2.24, 2.45) is 0 Å². The highest BCUT2D eigenvalue weighted by Gasteiger charge is 2.13. The van der Waals surface area contributed by atoms with E-state index in [1.807, 2.05) is 31.3 Å². The molecule has 3 aromatic rings. The second-order valence-corrected chi connectivity index (χ2v) is 10.4. The number of aryl methyl sites for hydroxylation is 2. The predicted molar refractivity (Wildman–Crippen MR) is 126 cm³/mol. The SMILES string of the molecule is COc1ccc(CSc2nnc(SCC(=O)N(C)Cc3ccc(C)cc3C)s2)cc1. The number of hydrogen-bond donors (Lipinski definition) is 0. The number of nitrogens with zero attached hydrogens (tertiary/aromatic N) is 3. The van der Waals surface area contributed by atoms with E-state index in [0.717, 1.165) is 20.2 Å². The smallest absolute Gasteiger partial charge is 0.233 e. The molecule has 5 nitrogen and oxygen atoms in total. The molecule has 0 saturated heterocycles. The fourth-order valence-electron chi connectivity index (χ4n) is 2.78. The number of benzene rings is 2. The summed E-state index contributed by atoms with van der Waals surface area (Å²) < 4.78 is 6.91. The molecule has 1 aromatic heterocycles. The number of ether oxygens (including phenoxy) is 1. The summed E-state index contributed by atoms with van der Waals surface area (Å²) in [5.74, 6) is 2.12. The Morgan fingerprint density at radius 3 is 2.43 bits per heavy atom. The Kier molecular flexibility index (Phi) is 8.18. The predicted octanol–water partition coefficient (Wildman–Crippen LogP) is 5.21. The molecule has 0 aliphatic heterocycles. The zero-order chi connectivity index (χ0) is 21.5. The number of aromatic nitrogens is 2. The van der Waals surface area contributed by atoms with Crippen LogP contribution in [0.4, 0.5) is 0 Å². The maximum absolute atomic E-state index is 12.5. The average molecular weight is 460 g/mol. The number of carbonyl (C=O) groups excluding carboxylic acids is 1. The lowest BCUT2D eigenvalue weighted by Gasteiger charge is -2.18. The summed E-state index contributed by atoms with van der Waals surface area (Å²) in [5, 5.41) is 8.45.